The van der Waals surface area contributed by atoms with Crippen LogP contribution >= 0.6 is 0 Å². The third-order valence-corrected chi connectivity index (χ3v) is 4.36. The fourth-order valence-corrected chi connectivity index (χ4v) is 2.69. The van der Waals surface area contributed by atoms with Gasteiger partial charge in [-0.1, -0.05) is 33.6 Å². The van der Waals surface area contributed by atoms with Crippen molar-refractivity contribution in [2.24, 2.45) is 0 Å². The van der Waals surface area contributed by atoms with Gasteiger partial charge in [0.1, 0.15) is 0 Å². The van der Waals surface area contributed by atoms with Gasteiger partial charge in [-0.05, 0) is 32.1 Å². The van der Waals surface area contributed by atoms with Crippen molar-refractivity contribution in [2.75, 3.05) is 6.54 Å². The molecule has 0 radical (unpaired) electrons. The lowest BCUT2D eigenvalue weighted by Gasteiger charge is -2.35. The van der Waals surface area contributed by atoms with Crippen molar-refractivity contribution in [3.63, 3.8) is 0 Å². The summed E-state index contributed by atoms with van der Waals surface area (Å²) in [6.45, 7) is 7.48. The van der Waals surface area contributed by atoms with Crippen LogP contribution in [0, 0.1) is 0 Å². The zero-order chi connectivity index (χ0) is 11.4. The van der Waals surface area contributed by atoms with Gasteiger partial charge in [-0.3, -0.25) is 0 Å². The second-order valence-electron chi connectivity index (χ2n) is 5.13. The van der Waals surface area contributed by atoms with Crippen LogP contribution in [0.4, 0.5) is 0 Å². The van der Waals surface area contributed by atoms with Crippen LogP contribution in [0.2, 0.25) is 0 Å². The maximum absolute atomic E-state index is 10.3. The Morgan fingerprint density at radius 3 is 1.93 bits per heavy atom. The van der Waals surface area contributed by atoms with Gasteiger partial charge in [-0.15, -0.1) is 0 Å². The maximum atomic E-state index is 10.3. The lowest BCUT2D eigenvalue weighted by Crippen LogP contribution is -2.50. The molecule has 0 aliphatic heterocycles. The number of aliphatic hydroxyl groups is 1. The molecule has 0 amide bonds. The Balaban J connectivity index is 2.45. The van der Waals surface area contributed by atoms with Crippen molar-refractivity contribution in [3.8, 4) is 0 Å². The fraction of sp³-hybridized carbons (Fsp3) is 1.00. The maximum Gasteiger partial charge on any atom is 0.0771 e. The van der Waals surface area contributed by atoms with E-state index in [0.717, 1.165) is 38.6 Å². The summed E-state index contributed by atoms with van der Waals surface area (Å²) < 4.78 is 0. The normalized spacial score (nSPS) is 20.8. The molecular formula is C13H27NO. The van der Waals surface area contributed by atoms with Crippen LogP contribution in [0.1, 0.15) is 65.7 Å². The number of nitrogens with one attached hydrogen (secondary N) is 1. The van der Waals surface area contributed by atoms with Gasteiger partial charge < -0.3 is 10.4 Å². The zero-order valence-electron chi connectivity index (χ0n) is 10.6. The van der Waals surface area contributed by atoms with Crippen LogP contribution in [0.5, 0.6) is 0 Å². The zero-order valence-corrected chi connectivity index (χ0v) is 10.6. The highest BCUT2D eigenvalue weighted by atomic mass is 16.3. The fourth-order valence-electron chi connectivity index (χ4n) is 2.69. The van der Waals surface area contributed by atoms with Crippen molar-refractivity contribution in [1.29, 1.82) is 0 Å². The Morgan fingerprint density at radius 1 is 1.07 bits per heavy atom. The third-order valence-electron chi connectivity index (χ3n) is 4.36. The van der Waals surface area contributed by atoms with Gasteiger partial charge in [0.05, 0.1) is 5.60 Å². The first-order valence-electron chi connectivity index (χ1n) is 6.57. The van der Waals surface area contributed by atoms with Crippen LogP contribution in [-0.4, -0.2) is 22.8 Å². The summed E-state index contributed by atoms with van der Waals surface area (Å²) in [6.07, 6.45) is 7.79. The predicted octanol–water partition coefficient (Wildman–Crippen LogP) is 2.85. The van der Waals surface area contributed by atoms with Crippen LogP contribution in [-0.2, 0) is 0 Å². The highest BCUT2D eigenvalue weighted by molar-refractivity contribution is 4.91. The quantitative estimate of drug-likeness (QED) is 0.711. The first-order chi connectivity index (χ1) is 7.10. The van der Waals surface area contributed by atoms with Gasteiger partial charge in [0.2, 0.25) is 0 Å². The lowest BCUT2D eigenvalue weighted by atomic mass is 9.88. The summed E-state index contributed by atoms with van der Waals surface area (Å²) in [6, 6.07) is 0. The Labute approximate surface area is 94.5 Å². The Morgan fingerprint density at radius 2 is 1.53 bits per heavy atom. The first kappa shape index (κ1) is 13.0. The Hall–Kier alpha value is -0.0800. The molecule has 0 bridgehead atoms. The van der Waals surface area contributed by atoms with E-state index >= 15 is 0 Å². The predicted molar refractivity (Wildman–Crippen MR) is 65.0 cm³/mol. The lowest BCUT2D eigenvalue weighted by molar-refractivity contribution is 0.0368. The topological polar surface area (TPSA) is 32.3 Å². The van der Waals surface area contributed by atoms with E-state index in [9.17, 15) is 5.11 Å². The SMILES string of the molecule is CCC(CC)(CC)NCC1(O)CCCC1. The molecule has 0 spiro atoms. The van der Waals surface area contributed by atoms with Crippen LogP contribution in [0.3, 0.4) is 0 Å². The van der Waals surface area contributed by atoms with Crippen LogP contribution in [0.25, 0.3) is 0 Å². The standard InChI is InChI=1S/C13H27NO/c1-4-12(5-2,6-3)14-11-13(15)9-7-8-10-13/h14-15H,4-11H2,1-3H3. The summed E-state index contributed by atoms with van der Waals surface area (Å²) >= 11 is 0. The molecule has 0 aromatic carbocycles. The van der Waals surface area contributed by atoms with E-state index in [0.29, 0.717) is 0 Å². The highest BCUT2D eigenvalue weighted by Gasteiger charge is 2.33. The number of rotatable bonds is 6. The molecule has 90 valence electrons. The van der Waals surface area contributed by atoms with E-state index in [1.165, 1.54) is 12.8 Å². The number of hydrogen-bond donors (Lipinski definition) is 2. The minimum absolute atomic E-state index is 0.248. The molecule has 0 aromatic rings. The molecular weight excluding hydrogens is 186 g/mol. The second kappa shape index (κ2) is 5.31. The summed E-state index contributed by atoms with van der Waals surface area (Å²) in [5, 5.41) is 13.9. The second-order valence-corrected chi connectivity index (χ2v) is 5.13. The van der Waals surface area contributed by atoms with Gasteiger partial charge in [-0.2, -0.15) is 0 Å². The number of β-amino-alcohol motifs (C(OH)–C–C–N with tert-alkyl or cyclic N) is 1. The molecule has 1 fully saturated rings. The molecule has 1 aliphatic rings. The summed E-state index contributed by atoms with van der Waals surface area (Å²) in [4.78, 5) is 0. The van der Waals surface area contributed by atoms with Crippen LogP contribution in [0.15, 0.2) is 0 Å². The molecule has 2 heteroatoms. The van der Waals surface area contributed by atoms with Gasteiger partial charge in [0.15, 0.2) is 0 Å². The highest BCUT2D eigenvalue weighted by Crippen LogP contribution is 2.30. The van der Waals surface area contributed by atoms with E-state index in [2.05, 4.69) is 26.1 Å². The van der Waals surface area contributed by atoms with E-state index < -0.39 is 5.60 Å². The van der Waals surface area contributed by atoms with E-state index in [1.54, 1.807) is 0 Å². The van der Waals surface area contributed by atoms with E-state index in [1.807, 2.05) is 0 Å². The first-order valence-corrected chi connectivity index (χ1v) is 6.57. The summed E-state index contributed by atoms with van der Waals surface area (Å²) in [5.74, 6) is 0. The molecule has 1 rings (SSSR count). The average Bonchev–Trinajstić information content (AvgIpc) is 2.69. The Bertz CT molecular complexity index is 173. The van der Waals surface area contributed by atoms with Crippen molar-refractivity contribution in [2.45, 2.75) is 76.9 Å². The van der Waals surface area contributed by atoms with Gasteiger partial charge in [-0.25, -0.2) is 0 Å². The molecule has 2 nitrogen and oxygen atoms in total. The van der Waals surface area contributed by atoms with E-state index in [-0.39, 0.29) is 5.54 Å². The van der Waals surface area contributed by atoms with Crippen molar-refractivity contribution < 1.29 is 5.11 Å². The Kier molecular flexibility index (Phi) is 4.60. The molecule has 0 aromatic heterocycles. The number of hydrogen-bond acceptors (Lipinski definition) is 2. The molecule has 0 heterocycles. The molecule has 1 aliphatic carbocycles. The summed E-state index contributed by atoms with van der Waals surface area (Å²) in [7, 11) is 0. The molecule has 0 atom stereocenters. The molecule has 15 heavy (non-hydrogen) atoms. The summed E-state index contributed by atoms with van der Waals surface area (Å²) in [5.41, 5.74) is -0.164. The van der Waals surface area contributed by atoms with Crippen molar-refractivity contribution in [3.05, 3.63) is 0 Å². The molecule has 1 saturated carbocycles. The molecule has 0 unspecified atom stereocenters. The minimum atomic E-state index is -0.412. The monoisotopic (exact) mass is 213 g/mol. The smallest absolute Gasteiger partial charge is 0.0771 e. The largest absolute Gasteiger partial charge is 0.389 e. The van der Waals surface area contributed by atoms with E-state index in [4.69, 9.17) is 0 Å². The van der Waals surface area contributed by atoms with Gasteiger partial charge >= 0.3 is 0 Å². The third kappa shape index (κ3) is 3.18. The van der Waals surface area contributed by atoms with Crippen molar-refractivity contribution >= 4 is 0 Å². The van der Waals surface area contributed by atoms with Gasteiger partial charge in [0.25, 0.3) is 0 Å². The van der Waals surface area contributed by atoms with Crippen LogP contribution < -0.4 is 5.32 Å². The molecule has 0 saturated heterocycles. The molecule has 2 N–H and O–H groups in total. The van der Waals surface area contributed by atoms with Crippen molar-refractivity contribution in [1.82, 2.24) is 5.32 Å². The average molecular weight is 213 g/mol. The minimum Gasteiger partial charge on any atom is -0.389 e. The van der Waals surface area contributed by atoms with Gasteiger partial charge in [0, 0.05) is 12.1 Å².